The third-order valence-corrected chi connectivity index (χ3v) is 5.60. The maximum Gasteiger partial charge on any atom is 0.243 e. The Bertz CT molecular complexity index is 849. The van der Waals surface area contributed by atoms with Gasteiger partial charge in [0.1, 0.15) is 0 Å². The molecular weight excluding hydrogens is 338 g/mol. The standard InChI is InChI=1S/C18H23N3O3S/c1-14-12-15(10-11-17(14)20(2)3)19-18(22)13-21(4)25(23,24)16-8-6-5-7-9-16/h5-12H,13H2,1-4H3,(H,19,22). The van der Waals surface area contributed by atoms with Crippen molar-refractivity contribution >= 4 is 27.3 Å². The molecule has 1 amide bonds. The molecule has 0 fully saturated rings. The second-order valence-corrected chi connectivity index (χ2v) is 8.06. The van der Waals surface area contributed by atoms with Gasteiger partial charge in [0.25, 0.3) is 0 Å². The average Bonchev–Trinajstić information content (AvgIpc) is 2.55. The molecule has 0 aliphatic rings. The Labute approximate surface area is 149 Å². The lowest BCUT2D eigenvalue weighted by Crippen LogP contribution is -2.34. The lowest BCUT2D eigenvalue weighted by atomic mass is 10.1. The van der Waals surface area contributed by atoms with Crippen LogP contribution in [-0.4, -0.2) is 46.3 Å². The van der Waals surface area contributed by atoms with Crippen molar-refractivity contribution in [3.63, 3.8) is 0 Å². The van der Waals surface area contributed by atoms with E-state index < -0.39 is 10.0 Å². The quantitative estimate of drug-likeness (QED) is 0.857. The second-order valence-electron chi connectivity index (χ2n) is 6.02. The van der Waals surface area contributed by atoms with Crippen LogP contribution in [0.2, 0.25) is 0 Å². The number of likely N-dealkylation sites (N-methyl/N-ethyl adjacent to an activating group) is 1. The minimum absolute atomic E-state index is 0.163. The number of rotatable bonds is 6. The van der Waals surface area contributed by atoms with E-state index in [1.54, 1.807) is 24.3 Å². The Kier molecular flexibility index (Phi) is 5.81. The monoisotopic (exact) mass is 361 g/mol. The van der Waals surface area contributed by atoms with Gasteiger partial charge in [0, 0.05) is 32.5 Å². The van der Waals surface area contributed by atoms with E-state index in [-0.39, 0.29) is 17.3 Å². The fraction of sp³-hybridized carbons (Fsp3) is 0.278. The molecule has 6 nitrogen and oxygen atoms in total. The van der Waals surface area contributed by atoms with Crippen LogP contribution in [0.1, 0.15) is 5.56 Å². The van der Waals surface area contributed by atoms with E-state index >= 15 is 0 Å². The van der Waals surface area contributed by atoms with Crippen LogP contribution in [0.4, 0.5) is 11.4 Å². The molecule has 7 heteroatoms. The van der Waals surface area contributed by atoms with Crippen LogP contribution in [0, 0.1) is 6.92 Å². The van der Waals surface area contributed by atoms with E-state index in [1.807, 2.05) is 38.1 Å². The zero-order valence-electron chi connectivity index (χ0n) is 14.9. The Balaban J connectivity index is 2.06. The zero-order chi connectivity index (χ0) is 18.6. The zero-order valence-corrected chi connectivity index (χ0v) is 15.7. The Morgan fingerprint density at radius 2 is 1.68 bits per heavy atom. The molecule has 0 atom stereocenters. The Morgan fingerprint density at radius 3 is 2.24 bits per heavy atom. The van der Waals surface area contributed by atoms with Gasteiger partial charge >= 0.3 is 0 Å². The van der Waals surface area contributed by atoms with Gasteiger partial charge in [-0.15, -0.1) is 0 Å². The molecule has 0 radical (unpaired) electrons. The van der Waals surface area contributed by atoms with Crippen molar-refractivity contribution in [2.45, 2.75) is 11.8 Å². The molecule has 0 aromatic heterocycles. The highest BCUT2D eigenvalue weighted by Gasteiger charge is 2.22. The van der Waals surface area contributed by atoms with Crippen LogP contribution in [-0.2, 0) is 14.8 Å². The summed E-state index contributed by atoms with van der Waals surface area (Å²) in [7, 11) is 1.60. The number of benzene rings is 2. The lowest BCUT2D eigenvalue weighted by Gasteiger charge is -2.18. The van der Waals surface area contributed by atoms with Gasteiger partial charge in [-0.2, -0.15) is 4.31 Å². The second kappa shape index (κ2) is 7.67. The number of aryl methyl sites for hydroxylation is 1. The number of hydrogen-bond donors (Lipinski definition) is 1. The van der Waals surface area contributed by atoms with Gasteiger partial charge in [-0.3, -0.25) is 4.79 Å². The van der Waals surface area contributed by atoms with E-state index in [4.69, 9.17) is 0 Å². The summed E-state index contributed by atoms with van der Waals surface area (Å²) in [6, 6.07) is 13.6. The number of amides is 1. The Hall–Kier alpha value is -2.38. The van der Waals surface area contributed by atoms with Crippen molar-refractivity contribution in [3.05, 3.63) is 54.1 Å². The molecule has 2 rings (SSSR count). The van der Waals surface area contributed by atoms with Crippen molar-refractivity contribution in [1.29, 1.82) is 0 Å². The molecule has 0 aliphatic heterocycles. The van der Waals surface area contributed by atoms with Crippen molar-refractivity contribution in [1.82, 2.24) is 4.31 Å². The molecule has 0 bridgehead atoms. The predicted molar refractivity (Wildman–Crippen MR) is 100 cm³/mol. The summed E-state index contributed by atoms with van der Waals surface area (Å²) in [5.41, 5.74) is 2.72. The van der Waals surface area contributed by atoms with Gasteiger partial charge in [0.15, 0.2) is 0 Å². The SMILES string of the molecule is Cc1cc(NC(=O)CN(C)S(=O)(=O)c2ccccc2)ccc1N(C)C. The third-order valence-electron chi connectivity index (χ3n) is 3.78. The van der Waals surface area contributed by atoms with Crippen LogP contribution in [0.25, 0.3) is 0 Å². The topological polar surface area (TPSA) is 69.7 Å². The van der Waals surface area contributed by atoms with Crippen molar-refractivity contribution < 1.29 is 13.2 Å². The molecule has 0 saturated heterocycles. The molecule has 0 aliphatic carbocycles. The number of sulfonamides is 1. The molecule has 2 aromatic rings. The molecule has 0 unspecified atom stereocenters. The normalized spacial score (nSPS) is 11.4. The molecule has 134 valence electrons. The highest BCUT2D eigenvalue weighted by Crippen LogP contribution is 2.22. The van der Waals surface area contributed by atoms with Gasteiger partial charge < -0.3 is 10.2 Å². The maximum atomic E-state index is 12.4. The summed E-state index contributed by atoms with van der Waals surface area (Å²) in [5.74, 6) is -0.390. The van der Waals surface area contributed by atoms with E-state index in [9.17, 15) is 13.2 Å². The van der Waals surface area contributed by atoms with Crippen molar-refractivity contribution in [2.24, 2.45) is 0 Å². The van der Waals surface area contributed by atoms with E-state index in [0.29, 0.717) is 5.69 Å². The molecule has 0 heterocycles. The van der Waals surface area contributed by atoms with Crippen molar-refractivity contribution in [2.75, 3.05) is 37.9 Å². The summed E-state index contributed by atoms with van der Waals surface area (Å²) in [6.07, 6.45) is 0. The molecule has 0 spiro atoms. The van der Waals surface area contributed by atoms with Crippen LogP contribution in [0.5, 0.6) is 0 Å². The number of anilines is 2. The minimum Gasteiger partial charge on any atom is -0.377 e. The molecular formula is C18H23N3O3S. The molecule has 2 aromatic carbocycles. The lowest BCUT2D eigenvalue weighted by molar-refractivity contribution is -0.116. The average molecular weight is 361 g/mol. The van der Waals surface area contributed by atoms with Crippen LogP contribution in [0.3, 0.4) is 0 Å². The molecule has 25 heavy (non-hydrogen) atoms. The van der Waals surface area contributed by atoms with Crippen LogP contribution in [0.15, 0.2) is 53.4 Å². The van der Waals surface area contributed by atoms with Gasteiger partial charge in [-0.25, -0.2) is 8.42 Å². The summed E-state index contributed by atoms with van der Waals surface area (Å²) >= 11 is 0. The molecule has 0 saturated carbocycles. The predicted octanol–water partition coefficient (Wildman–Crippen LogP) is 2.32. The number of hydrogen-bond acceptors (Lipinski definition) is 4. The van der Waals surface area contributed by atoms with E-state index in [2.05, 4.69) is 5.32 Å². The minimum atomic E-state index is -3.69. The van der Waals surface area contributed by atoms with Gasteiger partial charge in [0.2, 0.25) is 15.9 Å². The number of carbonyl (C=O) groups is 1. The van der Waals surface area contributed by atoms with E-state index in [0.717, 1.165) is 15.6 Å². The first-order valence-electron chi connectivity index (χ1n) is 7.81. The first kappa shape index (κ1) is 19.0. The fourth-order valence-corrected chi connectivity index (χ4v) is 3.64. The summed E-state index contributed by atoms with van der Waals surface area (Å²) in [4.78, 5) is 14.4. The fourth-order valence-electron chi connectivity index (χ4n) is 2.50. The Morgan fingerprint density at radius 1 is 1.04 bits per heavy atom. The number of nitrogens with zero attached hydrogens (tertiary/aromatic N) is 2. The largest absolute Gasteiger partial charge is 0.377 e. The van der Waals surface area contributed by atoms with Gasteiger partial charge in [-0.1, -0.05) is 18.2 Å². The van der Waals surface area contributed by atoms with Crippen LogP contribution >= 0.6 is 0 Å². The summed E-state index contributed by atoms with van der Waals surface area (Å²) in [5, 5.41) is 2.74. The van der Waals surface area contributed by atoms with Crippen LogP contribution < -0.4 is 10.2 Å². The smallest absolute Gasteiger partial charge is 0.243 e. The highest BCUT2D eigenvalue weighted by molar-refractivity contribution is 7.89. The number of carbonyl (C=O) groups excluding carboxylic acids is 1. The highest BCUT2D eigenvalue weighted by atomic mass is 32.2. The summed E-state index contributed by atoms with van der Waals surface area (Å²) < 4.78 is 25.9. The molecule has 1 N–H and O–H groups in total. The first-order valence-corrected chi connectivity index (χ1v) is 9.25. The van der Waals surface area contributed by atoms with E-state index in [1.165, 1.54) is 19.2 Å². The summed E-state index contributed by atoms with van der Waals surface area (Å²) in [6.45, 7) is 1.70. The third kappa shape index (κ3) is 4.58. The first-order chi connectivity index (χ1) is 11.7. The van der Waals surface area contributed by atoms with Crippen molar-refractivity contribution in [3.8, 4) is 0 Å². The maximum absolute atomic E-state index is 12.4. The number of nitrogens with one attached hydrogen (secondary N) is 1. The van der Waals surface area contributed by atoms with Gasteiger partial charge in [0.05, 0.1) is 11.4 Å². The van der Waals surface area contributed by atoms with Gasteiger partial charge in [-0.05, 0) is 42.8 Å².